The van der Waals surface area contributed by atoms with Crippen LogP contribution in [0.1, 0.15) is 102 Å². The van der Waals surface area contributed by atoms with Gasteiger partial charge in [-0.15, -0.1) is 0 Å². The fourth-order valence-electron chi connectivity index (χ4n) is 9.26. The van der Waals surface area contributed by atoms with Gasteiger partial charge in [0, 0.05) is 54.3 Å². The lowest BCUT2D eigenvalue weighted by molar-refractivity contribution is -0.121. The molecule has 25 nitrogen and oxygen atoms in total. The number of carbonyl (C=O) groups excluding carboxylic acids is 1. The highest BCUT2D eigenvalue weighted by molar-refractivity contribution is 7.86. The van der Waals surface area contributed by atoms with E-state index < -0.39 is 90.8 Å². The van der Waals surface area contributed by atoms with Crippen LogP contribution in [-0.2, 0) is 67.4 Å². The average Bonchev–Trinajstić information content (AvgIpc) is 3.84. The Bertz CT molecular complexity index is 3410. The second-order valence-corrected chi connectivity index (χ2v) is 26.1. The van der Waals surface area contributed by atoms with E-state index in [1.807, 2.05) is 65.0 Å². The molecular formula is C46H59N4O21P3S2. The summed E-state index contributed by atoms with van der Waals surface area (Å²) in [6.07, 6.45) is 11.5. The monoisotopic (exact) mass is 1160 g/mol. The first-order valence-electron chi connectivity index (χ1n) is 23.4. The first kappa shape index (κ1) is 60.5. The van der Waals surface area contributed by atoms with E-state index in [9.17, 15) is 68.9 Å². The molecule has 1 aliphatic carbocycles. The molecule has 0 bridgehead atoms. The van der Waals surface area contributed by atoms with Gasteiger partial charge >= 0.3 is 29.2 Å². The summed E-state index contributed by atoms with van der Waals surface area (Å²) in [4.78, 5) is 78.3. The highest BCUT2D eigenvalue weighted by Crippen LogP contribution is 2.66. The van der Waals surface area contributed by atoms with Crippen LogP contribution in [0.15, 0.2) is 110 Å². The standard InChI is InChI=1S/C46H59N4O21P3S2/c1-6-32-33-20-18-30(75(62,63)64)24-35(33)45(2,3)34(32)15-9-7-10-16-40-46(4,5)36-25-31(76(65,66)67)19-21-37(36)49(40)23-12-8-11-17-41(52)47-22-13-14-29-27-50(44(54)48-43(29)53)42-26-38(51)39(69-42)28-68-73(58,59)71-74(60,61)70-72(55,56)57/h7,9-10,13-16,18-21,24-25,27,38-39,42,51H,6,8,11-12,17,22-23,26,28H2,1-5H3,(H,47,52)(H,58,59)(H,60,61)(H,48,53,54)(H2,55,56,57)(H,62,63,64)(H,65,66,67)/b10-7+,14-13+,15-9+,40-16+/t38?,39-,42-/m1/s1. The van der Waals surface area contributed by atoms with Crippen molar-refractivity contribution >= 4 is 66.9 Å². The fraction of sp³-hybridized carbons (Fsp3) is 0.413. The van der Waals surface area contributed by atoms with E-state index in [1.54, 1.807) is 12.1 Å². The van der Waals surface area contributed by atoms with Gasteiger partial charge in [-0.1, -0.05) is 83.6 Å². The number of amides is 1. The number of benzene rings is 2. The van der Waals surface area contributed by atoms with Crippen LogP contribution < -0.4 is 21.5 Å². The summed E-state index contributed by atoms with van der Waals surface area (Å²) in [7, 11) is -25.9. The molecular weight excluding hydrogens is 1100 g/mol. The number of H-pyrrole nitrogens is 1. The van der Waals surface area contributed by atoms with E-state index in [0.29, 0.717) is 37.8 Å². The van der Waals surface area contributed by atoms with Crippen LogP contribution in [0.2, 0.25) is 0 Å². The Labute approximate surface area is 437 Å². The molecule has 0 radical (unpaired) electrons. The van der Waals surface area contributed by atoms with Gasteiger partial charge in [0.05, 0.1) is 28.1 Å². The molecule has 1 aromatic heterocycles. The zero-order valence-corrected chi connectivity index (χ0v) is 45.9. The van der Waals surface area contributed by atoms with E-state index >= 15 is 0 Å². The van der Waals surface area contributed by atoms with Crippen LogP contribution in [0.5, 0.6) is 0 Å². The van der Waals surface area contributed by atoms with Crippen molar-refractivity contribution in [2.24, 2.45) is 0 Å². The van der Waals surface area contributed by atoms with Crippen molar-refractivity contribution in [2.75, 3.05) is 24.6 Å². The van der Waals surface area contributed by atoms with Crippen molar-refractivity contribution in [1.29, 1.82) is 0 Å². The number of fused-ring (bicyclic) bond motifs is 2. The second kappa shape index (κ2) is 23.3. The molecule has 3 unspecified atom stereocenters. The molecule has 0 saturated carbocycles. The third kappa shape index (κ3) is 14.7. The van der Waals surface area contributed by atoms with Gasteiger partial charge in [-0.25, -0.2) is 18.5 Å². The number of aliphatic hydroxyl groups is 1. The minimum atomic E-state index is -5.80. The first-order valence-corrected chi connectivity index (χ1v) is 30.8. The topological polar surface area (TPSA) is 385 Å². The van der Waals surface area contributed by atoms with E-state index in [1.165, 1.54) is 36.4 Å². The summed E-state index contributed by atoms with van der Waals surface area (Å²) in [6, 6.07) is 9.08. The molecule has 0 spiro atoms. The predicted octanol–water partition coefficient (Wildman–Crippen LogP) is 5.66. The number of allylic oxidation sites excluding steroid dienone is 8. The van der Waals surface area contributed by atoms with Crippen LogP contribution in [0.25, 0.3) is 11.6 Å². The van der Waals surface area contributed by atoms with Crippen molar-refractivity contribution in [3.8, 4) is 0 Å². The van der Waals surface area contributed by atoms with Gasteiger partial charge in [-0.3, -0.25) is 32.8 Å². The summed E-state index contributed by atoms with van der Waals surface area (Å²) < 4.78 is 121. The highest BCUT2D eigenvalue weighted by Gasteiger charge is 2.44. The van der Waals surface area contributed by atoms with Gasteiger partial charge in [0.25, 0.3) is 25.8 Å². The molecule has 2 aromatic carbocycles. The molecule has 1 fully saturated rings. The maximum absolute atomic E-state index is 12.8. The van der Waals surface area contributed by atoms with Crippen LogP contribution in [0.3, 0.4) is 0 Å². The van der Waals surface area contributed by atoms with Crippen LogP contribution in [0.4, 0.5) is 5.69 Å². The Kier molecular flexibility index (Phi) is 18.5. The van der Waals surface area contributed by atoms with Crippen molar-refractivity contribution in [1.82, 2.24) is 14.9 Å². The summed E-state index contributed by atoms with van der Waals surface area (Å²) in [5.41, 5.74) is 2.95. The molecule has 6 rings (SSSR count). The lowest BCUT2D eigenvalue weighted by Crippen LogP contribution is -2.33. The number of nitrogens with one attached hydrogen (secondary N) is 2. The number of unbranched alkanes of at least 4 members (excludes halogenated alkanes) is 2. The Hall–Kier alpha value is -4.76. The SMILES string of the molecule is CCC1=C(/C=C/C=C/C=C2/N(CCCCCC(=O)NC/C=C/c3cn([C@H]4CC(O)[C@@H](COP(=O)(O)OP(=O)(O)OP(=O)(O)O)O4)c(=O)[nH]c3=O)c3ccc(S(=O)(=O)O)cc3C2(C)C)C(C)(C)c2cc(S(=O)(=O)O)ccc21. The number of nitrogens with zero attached hydrogens (tertiary/aromatic N) is 2. The number of anilines is 1. The van der Waals surface area contributed by atoms with E-state index in [4.69, 9.17) is 14.5 Å². The molecule has 3 aliphatic rings. The second-order valence-electron chi connectivity index (χ2n) is 18.9. The van der Waals surface area contributed by atoms with E-state index in [-0.39, 0.29) is 40.6 Å². The molecule has 30 heteroatoms. The Morgan fingerprint density at radius 2 is 1.53 bits per heavy atom. The largest absolute Gasteiger partial charge is 0.490 e. The number of phosphoric acid groups is 3. The van der Waals surface area contributed by atoms with Crippen LogP contribution in [0, 0.1) is 0 Å². The minimum absolute atomic E-state index is 0.0125. The van der Waals surface area contributed by atoms with Crippen molar-refractivity contribution < 1.29 is 87.0 Å². The number of rotatable bonds is 23. The number of hydrogen-bond donors (Lipinski definition) is 9. The molecule has 9 N–H and O–H groups in total. The smallest absolute Gasteiger partial charge is 0.390 e. The summed E-state index contributed by atoms with van der Waals surface area (Å²) >= 11 is 0. The van der Waals surface area contributed by atoms with Gasteiger partial charge in [-0.2, -0.15) is 25.5 Å². The van der Waals surface area contributed by atoms with Gasteiger partial charge in [0.15, 0.2) is 0 Å². The summed E-state index contributed by atoms with van der Waals surface area (Å²) in [5.74, 6) is -0.294. The molecule has 416 valence electrons. The number of aliphatic hydroxyl groups excluding tert-OH is 1. The third-order valence-corrected chi connectivity index (χ3v) is 18.4. The van der Waals surface area contributed by atoms with Crippen molar-refractivity contribution in [3.63, 3.8) is 0 Å². The number of phosphoric ester groups is 1. The molecule has 5 atom stereocenters. The van der Waals surface area contributed by atoms with E-state index in [0.717, 1.165) is 44.4 Å². The molecule has 76 heavy (non-hydrogen) atoms. The van der Waals surface area contributed by atoms with Crippen LogP contribution in [-0.4, -0.2) is 98.0 Å². The zero-order valence-electron chi connectivity index (χ0n) is 41.6. The van der Waals surface area contributed by atoms with Gasteiger partial charge < -0.3 is 39.6 Å². The summed E-state index contributed by atoms with van der Waals surface area (Å²) in [5, 5.41) is 13.2. The number of aromatic amines is 1. The minimum Gasteiger partial charge on any atom is -0.390 e. The maximum Gasteiger partial charge on any atom is 0.490 e. The number of carbonyl (C=O) groups is 1. The molecule has 2 aliphatic heterocycles. The molecule has 1 saturated heterocycles. The Morgan fingerprint density at radius 3 is 2.17 bits per heavy atom. The predicted molar refractivity (Wildman–Crippen MR) is 276 cm³/mol. The van der Waals surface area contributed by atoms with Gasteiger partial charge in [0.1, 0.15) is 12.3 Å². The third-order valence-electron chi connectivity index (χ3n) is 12.9. The van der Waals surface area contributed by atoms with Gasteiger partial charge in [-0.05, 0) is 83.5 Å². The highest BCUT2D eigenvalue weighted by atomic mass is 32.2. The number of ether oxygens (including phenoxy) is 1. The molecule has 3 heterocycles. The Balaban J connectivity index is 1.04. The Morgan fingerprint density at radius 1 is 0.868 bits per heavy atom. The van der Waals surface area contributed by atoms with Crippen molar-refractivity contribution in [2.45, 2.75) is 112 Å². The van der Waals surface area contributed by atoms with Gasteiger partial charge in [0.2, 0.25) is 5.91 Å². The molecule has 3 aromatic rings. The molecule has 1 amide bonds. The normalized spacial score (nSPS) is 21.7. The maximum atomic E-state index is 12.8. The lowest BCUT2D eigenvalue weighted by atomic mass is 9.81. The summed E-state index contributed by atoms with van der Waals surface area (Å²) in [6.45, 7) is 9.39. The number of hydrogen-bond acceptors (Lipinski definition) is 16. The fourth-order valence-corrected chi connectivity index (χ4v) is 13.3. The van der Waals surface area contributed by atoms with E-state index in [2.05, 4.69) is 28.3 Å². The van der Waals surface area contributed by atoms with Crippen molar-refractivity contribution in [3.05, 3.63) is 133 Å². The first-order chi connectivity index (χ1) is 35.1. The lowest BCUT2D eigenvalue weighted by Gasteiger charge is -2.27. The number of aromatic nitrogens is 2. The average molecular weight is 1160 g/mol. The zero-order chi connectivity index (χ0) is 56.4. The van der Waals surface area contributed by atoms with Crippen LogP contribution >= 0.6 is 23.5 Å². The quantitative estimate of drug-likeness (QED) is 0.0239.